The van der Waals surface area contributed by atoms with Crippen LogP contribution >= 0.6 is 12.2 Å². The van der Waals surface area contributed by atoms with Gasteiger partial charge >= 0.3 is 0 Å². The molecule has 2 unspecified atom stereocenters. The van der Waals surface area contributed by atoms with Crippen LogP contribution in [0.1, 0.15) is 36.8 Å². The van der Waals surface area contributed by atoms with Crippen molar-refractivity contribution in [2.24, 2.45) is 0 Å². The fourth-order valence-electron chi connectivity index (χ4n) is 3.99. The number of thiocarbonyl (C=S) groups is 1. The summed E-state index contributed by atoms with van der Waals surface area (Å²) in [6.45, 7) is 8.48. The van der Waals surface area contributed by atoms with Crippen molar-refractivity contribution < 1.29 is 9.64 Å². The lowest BCUT2D eigenvalue weighted by molar-refractivity contribution is -0.910. The molecule has 0 spiro atoms. The van der Waals surface area contributed by atoms with Gasteiger partial charge in [0.2, 0.25) is 0 Å². The molecule has 2 fully saturated rings. The predicted molar refractivity (Wildman–Crippen MR) is 107 cm³/mol. The first kappa shape index (κ1) is 18.6. The van der Waals surface area contributed by atoms with Gasteiger partial charge in [-0.05, 0) is 56.1 Å². The molecule has 0 radical (unpaired) electrons. The molecule has 1 aromatic carbocycles. The molecule has 0 bridgehead atoms. The van der Waals surface area contributed by atoms with Crippen molar-refractivity contribution in [1.29, 1.82) is 0 Å². The van der Waals surface area contributed by atoms with E-state index in [9.17, 15) is 0 Å². The van der Waals surface area contributed by atoms with E-state index in [1.165, 1.54) is 36.8 Å². The summed E-state index contributed by atoms with van der Waals surface area (Å²) in [6.07, 6.45) is 5.35. The molecular weight excluding hydrogens is 330 g/mol. The monoisotopic (exact) mass is 362 g/mol. The van der Waals surface area contributed by atoms with Crippen LogP contribution in [0.5, 0.6) is 0 Å². The molecule has 138 valence electrons. The number of quaternary nitrogens is 1. The second-order valence-corrected chi connectivity index (χ2v) is 8.01. The zero-order valence-corrected chi connectivity index (χ0v) is 16.6. The normalized spacial score (nSPS) is 22.8. The number of hydrogen-bond acceptors (Lipinski definition) is 2. The second kappa shape index (κ2) is 8.47. The highest BCUT2D eigenvalue weighted by Crippen LogP contribution is 2.19. The fraction of sp³-hybridized carbons (Fsp3) is 0.650. The van der Waals surface area contributed by atoms with E-state index in [1.54, 1.807) is 4.90 Å². The highest BCUT2D eigenvalue weighted by molar-refractivity contribution is 7.80. The summed E-state index contributed by atoms with van der Waals surface area (Å²) < 4.78 is 5.80. The molecule has 3 rings (SSSR count). The highest BCUT2D eigenvalue weighted by atomic mass is 32.1. The van der Waals surface area contributed by atoms with Crippen molar-refractivity contribution in [3.63, 3.8) is 0 Å². The van der Waals surface area contributed by atoms with Gasteiger partial charge in [0.05, 0.1) is 13.1 Å². The maximum Gasteiger partial charge on any atom is 0.173 e. The number of likely N-dealkylation sites (tertiary alicyclic amines) is 1. The van der Waals surface area contributed by atoms with Gasteiger partial charge in [0, 0.05) is 38.2 Å². The summed E-state index contributed by atoms with van der Waals surface area (Å²) in [7, 11) is 2.33. The first-order chi connectivity index (χ1) is 12.0. The number of ether oxygens (including phenoxy) is 1. The number of piperidine rings is 1. The molecule has 4 nitrogen and oxygen atoms in total. The summed E-state index contributed by atoms with van der Waals surface area (Å²) in [6, 6.07) is 7.06. The van der Waals surface area contributed by atoms with Gasteiger partial charge in [0.1, 0.15) is 12.6 Å². The van der Waals surface area contributed by atoms with E-state index in [0.717, 1.165) is 43.1 Å². The Balaban J connectivity index is 1.48. The van der Waals surface area contributed by atoms with Crippen molar-refractivity contribution in [2.45, 2.75) is 51.7 Å². The third-order valence-electron chi connectivity index (χ3n) is 5.90. The average molecular weight is 363 g/mol. The van der Waals surface area contributed by atoms with Crippen molar-refractivity contribution in [2.75, 3.05) is 38.6 Å². The number of hydrogen-bond donors (Lipinski definition) is 2. The number of anilines is 1. The first-order valence-corrected chi connectivity index (χ1v) is 10.0. The molecule has 2 saturated heterocycles. The van der Waals surface area contributed by atoms with Crippen LogP contribution in [0.25, 0.3) is 0 Å². The Bertz CT molecular complexity index is 593. The summed E-state index contributed by atoms with van der Waals surface area (Å²) in [5.41, 5.74) is 3.71. The lowest BCUT2D eigenvalue weighted by atomic mass is 10.0. The minimum Gasteiger partial charge on any atom is -0.372 e. The van der Waals surface area contributed by atoms with E-state index in [2.05, 4.69) is 49.3 Å². The minimum absolute atomic E-state index is 0.477. The van der Waals surface area contributed by atoms with Crippen LogP contribution in [0, 0.1) is 13.8 Å². The molecule has 2 aliphatic rings. The quantitative estimate of drug-likeness (QED) is 0.803. The lowest BCUT2D eigenvalue weighted by Gasteiger charge is -2.36. The Hall–Kier alpha value is -1.17. The van der Waals surface area contributed by atoms with E-state index in [-0.39, 0.29) is 0 Å². The minimum atomic E-state index is 0.477. The van der Waals surface area contributed by atoms with Crippen LogP contribution in [-0.4, -0.2) is 55.4 Å². The second-order valence-electron chi connectivity index (χ2n) is 7.62. The van der Waals surface area contributed by atoms with Gasteiger partial charge in [-0.2, -0.15) is 0 Å². The summed E-state index contributed by atoms with van der Waals surface area (Å²) >= 11 is 5.67. The van der Waals surface area contributed by atoms with E-state index < -0.39 is 0 Å². The molecule has 2 aliphatic heterocycles. The van der Waals surface area contributed by atoms with Crippen LogP contribution in [0.4, 0.5) is 5.69 Å². The van der Waals surface area contributed by atoms with Gasteiger partial charge in [0.25, 0.3) is 0 Å². The topological polar surface area (TPSA) is 28.9 Å². The Morgan fingerprint density at radius 3 is 2.72 bits per heavy atom. The number of aryl methyl sites for hydroxylation is 1. The standard InChI is InChI=1S/C20H31N3OS/c1-15-6-4-8-19(16(15)2)21-20(25)23-11-9-17(10-12-23)22(3)14-18-7-5-13-24-18/h4,6,8,17-18H,5,7,9-14H2,1-3H3,(H,21,25)/p+1. The molecule has 2 heterocycles. The molecule has 2 N–H and O–H groups in total. The first-order valence-electron chi connectivity index (χ1n) is 9.60. The SMILES string of the molecule is Cc1cccc(NC(=S)N2CCC([NH+](C)CC3CCCO3)CC2)c1C. The molecule has 1 aromatic rings. The molecular formula is C20H32N3OS+. The van der Waals surface area contributed by atoms with Crippen LogP contribution in [0.15, 0.2) is 18.2 Å². The molecule has 0 aliphatic carbocycles. The van der Waals surface area contributed by atoms with E-state index in [4.69, 9.17) is 17.0 Å². The summed E-state index contributed by atoms with van der Waals surface area (Å²) in [5, 5.41) is 4.32. The smallest absolute Gasteiger partial charge is 0.173 e. The maximum absolute atomic E-state index is 5.80. The largest absolute Gasteiger partial charge is 0.372 e. The van der Waals surface area contributed by atoms with Crippen molar-refractivity contribution in [3.8, 4) is 0 Å². The van der Waals surface area contributed by atoms with Crippen LogP contribution in [0.2, 0.25) is 0 Å². The lowest BCUT2D eigenvalue weighted by Crippen LogP contribution is -3.14. The van der Waals surface area contributed by atoms with Gasteiger partial charge in [-0.1, -0.05) is 12.1 Å². The third-order valence-corrected chi connectivity index (χ3v) is 6.26. The third kappa shape index (κ3) is 4.72. The van der Waals surface area contributed by atoms with Gasteiger partial charge in [-0.25, -0.2) is 0 Å². The van der Waals surface area contributed by atoms with Crippen LogP contribution in [0.3, 0.4) is 0 Å². The number of benzene rings is 1. The zero-order valence-electron chi connectivity index (χ0n) is 15.8. The summed E-state index contributed by atoms with van der Waals surface area (Å²) in [4.78, 5) is 3.95. The number of rotatable bonds is 4. The van der Waals surface area contributed by atoms with Crippen molar-refractivity contribution in [3.05, 3.63) is 29.3 Å². The molecule has 5 heteroatoms. The highest BCUT2D eigenvalue weighted by Gasteiger charge is 2.29. The number of likely N-dealkylation sites (N-methyl/N-ethyl adjacent to an activating group) is 1. The van der Waals surface area contributed by atoms with E-state index in [1.807, 2.05) is 0 Å². The van der Waals surface area contributed by atoms with Gasteiger partial charge < -0.3 is 19.9 Å². The molecule has 2 atom stereocenters. The number of nitrogens with zero attached hydrogens (tertiary/aromatic N) is 1. The van der Waals surface area contributed by atoms with Crippen molar-refractivity contribution >= 4 is 23.0 Å². The van der Waals surface area contributed by atoms with Crippen LogP contribution < -0.4 is 10.2 Å². The molecule has 0 amide bonds. The Labute approximate surface area is 157 Å². The zero-order chi connectivity index (χ0) is 17.8. The molecule has 0 saturated carbocycles. The number of nitrogens with one attached hydrogen (secondary N) is 2. The average Bonchev–Trinajstić information content (AvgIpc) is 3.12. The maximum atomic E-state index is 5.80. The predicted octanol–water partition coefficient (Wildman–Crippen LogP) is 2.16. The Morgan fingerprint density at radius 2 is 2.04 bits per heavy atom. The van der Waals surface area contributed by atoms with E-state index >= 15 is 0 Å². The van der Waals surface area contributed by atoms with Crippen LogP contribution in [-0.2, 0) is 4.74 Å². The van der Waals surface area contributed by atoms with Gasteiger partial charge in [-0.15, -0.1) is 0 Å². The van der Waals surface area contributed by atoms with Gasteiger partial charge in [-0.3, -0.25) is 0 Å². The fourth-order valence-corrected chi connectivity index (χ4v) is 4.28. The van der Waals surface area contributed by atoms with E-state index in [0.29, 0.717) is 6.10 Å². The molecule has 0 aromatic heterocycles. The van der Waals surface area contributed by atoms with Crippen molar-refractivity contribution in [1.82, 2.24) is 4.90 Å². The summed E-state index contributed by atoms with van der Waals surface area (Å²) in [5.74, 6) is 0. The van der Waals surface area contributed by atoms with Gasteiger partial charge in [0.15, 0.2) is 5.11 Å². The Kier molecular flexibility index (Phi) is 6.31. The molecule has 25 heavy (non-hydrogen) atoms. The Morgan fingerprint density at radius 1 is 1.28 bits per heavy atom.